The molecule has 3 aromatic rings. The van der Waals surface area contributed by atoms with Crippen molar-refractivity contribution >= 4 is 28.6 Å². The molecule has 1 fully saturated rings. The Hall–Kier alpha value is -2.88. The van der Waals surface area contributed by atoms with Crippen LogP contribution in [0.1, 0.15) is 29.2 Å². The molecule has 2 atom stereocenters. The summed E-state index contributed by atoms with van der Waals surface area (Å²) in [7, 11) is 0. The number of nitrogens with one attached hydrogen (secondary N) is 2. The van der Waals surface area contributed by atoms with E-state index in [1.807, 2.05) is 18.2 Å². The summed E-state index contributed by atoms with van der Waals surface area (Å²) >= 11 is 0. The van der Waals surface area contributed by atoms with Crippen molar-refractivity contribution in [2.75, 3.05) is 5.32 Å². The summed E-state index contributed by atoms with van der Waals surface area (Å²) in [6.45, 7) is 3.78. The fourth-order valence-corrected chi connectivity index (χ4v) is 3.98. The number of hydrogen-bond donors (Lipinski definition) is 2. The molecule has 1 aliphatic carbocycles. The number of carbonyl (C=O) groups excluding carboxylic acids is 1. The molecule has 2 aliphatic rings. The zero-order valence-electron chi connectivity index (χ0n) is 12.5. The van der Waals surface area contributed by atoms with Gasteiger partial charge < -0.3 is 5.32 Å². The highest BCUT2D eigenvalue weighted by atomic mass is 16.2. The van der Waals surface area contributed by atoms with Gasteiger partial charge in [-0.05, 0) is 35.8 Å². The third-order valence-corrected chi connectivity index (χ3v) is 5.23. The van der Waals surface area contributed by atoms with Crippen LogP contribution in [0.5, 0.6) is 0 Å². The van der Waals surface area contributed by atoms with Crippen LogP contribution >= 0.6 is 0 Å². The number of H-pyrrole nitrogens is 1. The van der Waals surface area contributed by atoms with Gasteiger partial charge in [-0.2, -0.15) is 5.10 Å². The maximum Gasteiger partial charge on any atom is 0.235 e. The Morgan fingerprint density at radius 3 is 3.00 bits per heavy atom. The lowest BCUT2D eigenvalue weighted by atomic mass is 9.92. The molecule has 5 rings (SSSR count). The summed E-state index contributed by atoms with van der Waals surface area (Å²) in [5, 5.41) is 11.4. The van der Waals surface area contributed by atoms with Crippen LogP contribution in [0.2, 0.25) is 0 Å². The predicted octanol–water partition coefficient (Wildman–Crippen LogP) is 3.58. The van der Waals surface area contributed by atoms with Crippen molar-refractivity contribution in [3.8, 4) is 0 Å². The first-order valence-corrected chi connectivity index (χ1v) is 7.75. The van der Waals surface area contributed by atoms with Crippen LogP contribution in [0.3, 0.4) is 0 Å². The smallest absolute Gasteiger partial charge is 0.235 e. The van der Waals surface area contributed by atoms with Crippen molar-refractivity contribution in [2.45, 2.75) is 17.8 Å². The summed E-state index contributed by atoms with van der Waals surface area (Å²) in [5.41, 5.74) is 4.74. The first-order valence-electron chi connectivity index (χ1n) is 7.75. The second kappa shape index (κ2) is 4.10. The molecule has 0 radical (unpaired) electrons. The molecule has 23 heavy (non-hydrogen) atoms. The molecule has 2 heterocycles. The fraction of sp³-hybridized carbons (Fsp3) is 0.158. The Balaban J connectivity index is 1.60. The molecule has 1 unspecified atom stereocenters. The molecule has 1 aromatic heterocycles. The van der Waals surface area contributed by atoms with Crippen molar-refractivity contribution in [1.82, 2.24) is 10.2 Å². The number of amides is 1. The number of fused-ring (bicyclic) bond motifs is 3. The lowest BCUT2D eigenvalue weighted by Gasteiger charge is -2.08. The van der Waals surface area contributed by atoms with E-state index in [1.165, 1.54) is 5.56 Å². The normalized spacial score (nSPS) is 24.7. The van der Waals surface area contributed by atoms with Gasteiger partial charge in [0.15, 0.2) is 0 Å². The van der Waals surface area contributed by atoms with Crippen LogP contribution < -0.4 is 5.32 Å². The Labute approximate surface area is 133 Å². The number of aromatic nitrogens is 2. The molecule has 1 spiro atoms. The Kier molecular flexibility index (Phi) is 2.25. The monoisotopic (exact) mass is 301 g/mol. The van der Waals surface area contributed by atoms with E-state index < -0.39 is 0 Å². The summed E-state index contributed by atoms with van der Waals surface area (Å²) in [5.74, 6) is 0.353. The van der Waals surface area contributed by atoms with Crippen LogP contribution in [-0.4, -0.2) is 16.1 Å². The van der Waals surface area contributed by atoms with E-state index in [0.717, 1.165) is 34.3 Å². The Morgan fingerprint density at radius 1 is 1.26 bits per heavy atom. The zero-order chi connectivity index (χ0) is 15.6. The lowest BCUT2D eigenvalue weighted by Crippen LogP contribution is -2.20. The molecule has 1 aliphatic heterocycles. The van der Waals surface area contributed by atoms with Gasteiger partial charge in [0.05, 0.1) is 16.6 Å². The zero-order valence-corrected chi connectivity index (χ0v) is 12.5. The third kappa shape index (κ3) is 1.50. The maximum absolute atomic E-state index is 12.6. The molecule has 0 saturated heterocycles. The minimum atomic E-state index is -0.383. The number of anilines is 1. The van der Waals surface area contributed by atoms with Gasteiger partial charge in [0.25, 0.3) is 0 Å². The molecular formula is C19H15N3O. The number of carbonyl (C=O) groups is 1. The highest BCUT2D eigenvalue weighted by Gasteiger charge is 2.65. The van der Waals surface area contributed by atoms with E-state index in [4.69, 9.17) is 0 Å². The molecule has 4 heteroatoms. The number of benzene rings is 2. The van der Waals surface area contributed by atoms with Gasteiger partial charge in [-0.3, -0.25) is 9.89 Å². The number of rotatable bonds is 2. The average Bonchev–Trinajstić information content (AvgIpc) is 3.10. The van der Waals surface area contributed by atoms with Gasteiger partial charge in [-0.1, -0.05) is 36.9 Å². The van der Waals surface area contributed by atoms with Crippen LogP contribution in [0, 0.1) is 0 Å². The maximum atomic E-state index is 12.6. The molecule has 112 valence electrons. The number of aromatic amines is 1. The lowest BCUT2D eigenvalue weighted by molar-refractivity contribution is -0.118. The first kappa shape index (κ1) is 12.6. The highest BCUT2D eigenvalue weighted by molar-refractivity contribution is 6.09. The number of nitrogens with zero attached hydrogens (tertiary/aromatic N) is 1. The second-order valence-corrected chi connectivity index (χ2v) is 6.35. The largest absolute Gasteiger partial charge is 0.325 e. The van der Waals surface area contributed by atoms with E-state index in [9.17, 15) is 4.79 Å². The van der Waals surface area contributed by atoms with Crippen LogP contribution in [0.15, 0.2) is 49.0 Å². The topological polar surface area (TPSA) is 57.8 Å². The van der Waals surface area contributed by atoms with E-state index >= 15 is 0 Å². The van der Waals surface area contributed by atoms with E-state index in [0.29, 0.717) is 0 Å². The summed E-state index contributed by atoms with van der Waals surface area (Å²) < 4.78 is 0. The van der Waals surface area contributed by atoms with E-state index in [2.05, 4.69) is 46.4 Å². The van der Waals surface area contributed by atoms with Gasteiger partial charge >= 0.3 is 0 Å². The number of hydrogen-bond acceptors (Lipinski definition) is 2. The van der Waals surface area contributed by atoms with E-state index in [1.54, 1.807) is 6.08 Å². The molecular weight excluding hydrogens is 286 g/mol. The van der Waals surface area contributed by atoms with Gasteiger partial charge in [-0.25, -0.2) is 0 Å². The molecule has 0 bridgehead atoms. The predicted molar refractivity (Wildman–Crippen MR) is 90.3 cm³/mol. The summed E-state index contributed by atoms with van der Waals surface area (Å²) in [6, 6.07) is 14.3. The van der Waals surface area contributed by atoms with Crippen molar-refractivity contribution in [3.05, 3.63) is 65.9 Å². The summed E-state index contributed by atoms with van der Waals surface area (Å²) in [6.07, 6.45) is 2.61. The van der Waals surface area contributed by atoms with Gasteiger partial charge in [0, 0.05) is 17.0 Å². The van der Waals surface area contributed by atoms with Crippen molar-refractivity contribution in [2.24, 2.45) is 0 Å². The van der Waals surface area contributed by atoms with Crippen molar-refractivity contribution in [1.29, 1.82) is 0 Å². The molecule has 1 saturated carbocycles. The fourth-order valence-electron chi connectivity index (χ4n) is 3.98. The van der Waals surface area contributed by atoms with E-state index in [-0.39, 0.29) is 17.2 Å². The first-order chi connectivity index (χ1) is 11.2. The van der Waals surface area contributed by atoms with Crippen molar-refractivity contribution < 1.29 is 4.79 Å². The standard InChI is InChI=1S/C19H15N3O/c1-2-15-12-8-7-11(9-17(12)22-21-15)14-10-19(14)13-5-3-4-6-16(13)20-18(19)23/h2-9,14H,1,10H2,(H,20,23)(H,21,22)/t14?,19-/m0/s1. The number of para-hydroxylation sites is 1. The second-order valence-electron chi connectivity index (χ2n) is 6.35. The Bertz CT molecular complexity index is 987. The SMILES string of the molecule is C=Cc1n[nH]c2cc(C3C[C@@]34C(=O)Nc3ccccc34)ccc12. The van der Waals surface area contributed by atoms with Crippen molar-refractivity contribution in [3.63, 3.8) is 0 Å². The molecule has 2 N–H and O–H groups in total. The third-order valence-electron chi connectivity index (χ3n) is 5.23. The molecule has 4 nitrogen and oxygen atoms in total. The van der Waals surface area contributed by atoms with Gasteiger partial charge in [0.1, 0.15) is 0 Å². The average molecular weight is 301 g/mol. The van der Waals surface area contributed by atoms with Crippen LogP contribution in [-0.2, 0) is 10.2 Å². The van der Waals surface area contributed by atoms with Crippen LogP contribution in [0.25, 0.3) is 17.0 Å². The van der Waals surface area contributed by atoms with Gasteiger partial charge in [0.2, 0.25) is 5.91 Å². The summed E-state index contributed by atoms with van der Waals surface area (Å²) in [4.78, 5) is 12.6. The molecule has 1 amide bonds. The minimum Gasteiger partial charge on any atom is -0.325 e. The molecule has 2 aromatic carbocycles. The quantitative estimate of drug-likeness (QED) is 0.760. The highest BCUT2D eigenvalue weighted by Crippen LogP contribution is 2.64. The Morgan fingerprint density at radius 2 is 2.13 bits per heavy atom. The van der Waals surface area contributed by atoms with Gasteiger partial charge in [-0.15, -0.1) is 0 Å². The van der Waals surface area contributed by atoms with Crippen LogP contribution in [0.4, 0.5) is 5.69 Å². The minimum absolute atomic E-state index is 0.125.